The first-order chi connectivity index (χ1) is 10.1. The van der Waals surface area contributed by atoms with Crippen LogP contribution in [-0.2, 0) is 10.8 Å². The predicted molar refractivity (Wildman–Crippen MR) is 101 cm³/mol. The SMILES string of the molecule is CCC(C)CC(C)(C)c1cccc(C(C)(C)CC(C)CC)c1. The summed E-state index contributed by atoms with van der Waals surface area (Å²) in [4.78, 5) is 0. The van der Waals surface area contributed by atoms with E-state index in [1.165, 1.54) is 36.8 Å². The third-order valence-electron chi connectivity index (χ3n) is 5.54. The van der Waals surface area contributed by atoms with E-state index in [-0.39, 0.29) is 10.8 Å². The molecule has 0 aliphatic carbocycles. The van der Waals surface area contributed by atoms with Crippen LogP contribution < -0.4 is 0 Å². The van der Waals surface area contributed by atoms with Crippen LogP contribution in [0.1, 0.15) is 92.2 Å². The zero-order chi connectivity index (χ0) is 17.0. The molecule has 0 heterocycles. The monoisotopic (exact) mass is 302 g/mol. The molecule has 1 aromatic carbocycles. The molecule has 0 heteroatoms. The van der Waals surface area contributed by atoms with E-state index in [1.807, 2.05) is 0 Å². The number of rotatable bonds is 8. The normalized spacial score (nSPS) is 15.6. The lowest BCUT2D eigenvalue weighted by Crippen LogP contribution is -2.24. The first kappa shape index (κ1) is 19.3. The molecule has 0 fully saturated rings. The zero-order valence-electron chi connectivity index (χ0n) is 16.3. The average Bonchev–Trinajstić information content (AvgIpc) is 2.46. The molecule has 0 aromatic heterocycles. The number of hydrogen-bond acceptors (Lipinski definition) is 0. The Labute approximate surface area is 139 Å². The third kappa shape index (κ3) is 5.14. The van der Waals surface area contributed by atoms with Crippen molar-refractivity contribution in [1.82, 2.24) is 0 Å². The van der Waals surface area contributed by atoms with E-state index in [0.29, 0.717) is 0 Å². The summed E-state index contributed by atoms with van der Waals surface area (Å²) in [6.07, 6.45) is 5.06. The molecule has 1 aromatic rings. The van der Waals surface area contributed by atoms with Crippen LogP contribution in [0, 0.1) is 11.8 Å². The summed E-state index contributed by atoms with van der Waals surface area (Å²) in [5, 5.41) is 0. The van der Waals surface area contributed by atoms with Gasteiger partial charge in [-0.2, -0.15) is 0 Å². The zero-order valence-corrected chi connectivity index (χ0v) is 16.3. The maximum absolute atomic E-state index is 2.48. The molecule has 0 saturated heterocycles. The summed E-state index contributed by atoms with van der Waals surface area (Å²) < 4.78 is 0. The Morgan fingerprint density at radius 3 is 1.45 bits per heavy atom. The van der Waals surface area contributed by atoms with Gasteiger partial charge in [0.1, 0.15) is 0 Å². The molecular formula is C22H38. The summed E-state index contributed by atoms with van der Waals surface area (Å²) in [6, 6.07) is 9.39. The standard InChI is InChI=1S/C22H38/c1-9-17(3)15-21(5,6)19-12-11-13-20(14-19)22(7,8)16-18(4)10-2/h11-14,17-18H,9-10,15-16H2,1-8H3. The lowest BCUT2D eigenvalue weighted by atomic mass is 9.72. The van der Waals surface area contributed by atoms with E-state index < -0.39 is 0 Å². The second-order valence-corrected chi connectivity index (χ2v) is 8.78. The van der Waals surface area contributed by atoms with Crippen molar-refractivity contribution in [3.63, 3.8) is 0 Å². The second kappa shape index (κ2) is 7.66. The van der Waals surface area contributed by atoms with Crippen LogP contribution >= 0.6 is 0 Å². The average molecular weight is 303 g/mol. The molecule has 0 saturated carbocycles. The first-order valence-corrected chi connectivity index (χ1v) is 9.23. The molecule has 0 bridgehead atoms. The van der Waals surface area contributed by atoms with Crippen LogP contribution in [0.5, 0.6) is 0 Å². The molecule has 0 nitrogen and oxygen atoms in total. The quantitative estimate of drug-likeness (QED) is 0.480. The molecule has 126 valence electrons. The van der Waals surface area contributed by atoms with Gasteiger partial charge < -0.3 is 0 Å². The first-order valence-electron chi connectivity index (χ1n) is 9.23. The van der Waals surface area contributed by atoms with Crippen molar-refractivity contribution in [2.24, 2.45) is 11.8 Å². The molecule has 2 unspecified atom stereocenters. The van der Waals surface area contributed by atoms with Crippen LogP contribution in [-0.4, -0.2) is 0 Å². The fourth-order valence-electron chi connectivity index (χ4n) is 3.63. The summed E-state index contributed by atoms with van der Waals surface area (Å²) in [5.41, 5.74) is 3.53. The van der Waals surface area contributed by atoms with E-state index in [2.05, 4.69) is 79.7 Å². The summed E-state index contributed by atoms with van der Waals surface area (Å²) in [6.45, 7) is 19.0. The van der Waals surface area contributed by atoms with Gasteiger partial charge in [-0.3, -0.25) is 0 Å². The topological polar surface area (TPSA) is 0 Å². The van der Waals surface area contributed by atoms with Crippen molar-refractivity contribution < 1.29 is 0 Å². The highest BCUT2D eigenvalue weighted by atomic mass is 14.3. The Balaban J connectivity index is 3.03. The fourth-order valence-corrected chi connectivity index (χ4v) is 3.63. The molecule has 2 atom stereocenters. The molecule has 1 rings (SSSR count). The Morgan fingerprint density at radius 2 is 1.14 bits per heavy atom. The van der Waals surface area contributed by atoms with Crippen LogP contribution in [0.2, 0.25) is 0 Å². The lowest BCUT2D eigenvalue weighted by Gasteiger charge is -2.32. The van der Waals surface area contributed by atoms with Crippen molar-refractivity contribution >= 4 is 0 Å². The van der Waals surface area contributed by atoms with Crippen molar-refractivity contribution in [1.29, 1.82) is 0 Å². The highest BCUT2D eigenvalue weighted by molar-refractivity contribution is 5.33. The van der Waals surface area contributed by atoms with Gasteiger partial charge in [-0.05, 0) is 46.6 Å². The Morgan fingerprint density at radius 1 is 0.773 bits per heavy atom. The van der Waals surface area contributed by atoms with Gasteiger partial charge >= 0.3 is 0 Å². The maximum Gasteiger partial charge on any atom is -0.0101 e. The van der Waals surface area contributed by atoms with E-state index in [1.54, 1.807) is 0 Å². The Kier molecular flexibility index (Phi) is 6.71. The molecule has 0 N–H and O–H groups in total. The van der Waals surface area contributed by atoms with Gasteiger partial charge in [-0.1, -0.05) is 92.5 Å². The molecule has 0 aliphatic heterocycles. The highest BCUT2D eigenvalue weighted by Gasteiger charge is 2.27. The van der Waals surface area contributed by atoms with E-state index in [0.717, 1.165) is 11.8 Å². The molecule has 0 amide bonds. The lowest BCUT2D eigenvalue weighted by molar-refractivity contribution is 0.363. The third-order valence-corrected chi connectivity index (χ3v) is 5.54. The minimum atomic E-state index is 0.262. The minimum absolute atomic E-state index is 0.262. The predicted octanol–water partition coefficient (Wildman–Crippen LogP) is 7.11. The van der Waals surface area contributed by atoms with Crippen molar-refractivity contribution in [3.8, 4) is 0 Å². The molecule has 22 heavy (non-hydrogen) atoms. The molecule has 0 aliphatic rings. The summed E-state index contributed by atoms with van der Waals surface area (Å²) in [5.74, 6) is 1.57. The minimum Gasteiger partial charge on any atom is -0.0651 e. The van der Waals surface area contributed by atoms with Crippen LogP contribution in [0.3, 0.4) is 0 Å². The van der Waals surface area contributed by atoms with Gasteiger partial charge in [0.05, 0.1) is 0 Å². The van der Waals surface area contributed by atoms with Gasteiger partial charge in [0.2, 0.25) is 0 Å². The van der Waals surface area contributed by atoms with Crippen LogP contribution in [0.25, 0.3) is 0 Å². The summed E-state index contributed by atoms with van der Waals surface area (Å²) >= 11 is 0. The molecule has 0 radical (unpaired) electrons. The number of hydrogen-bond donors (Lipinski definition) is 0. The van der Waals surface area contributed by atoms with E-state index >= 15 is 0 Å². The molecule has 0 spiro atoms. The summed E-state index contributed by atoms with van der Waals surface area (Å²) in [7, 11) is 0. The largest absolute Gasteiger partial charge is 0.0651 e. The van der Waals surface area contributed by atoms with Crippen LogP contribution in [0.4, 0.5) is 0 Å². The highest BCUT2D eigenvalue weighted by Crippen LogP contribution is 2.36. The smallest absolute Gasteiger partial charge is 0.0101 e. The van der Waals surface area contributed by atoms with Gasteiger partial charge in [-0.15, -0.1) is 0 Å². The van der Waals surface area contributed by atoms with Gasteiger partial charge in [0.25, 0.3) is 0 Å². The Hall–Kier alpha value is -0.780. The van der Waals surface area contributed by atoms with E-state index in [9.17, 15) is 0 Å². The Bertz CT molecular complexity index is 414. The van der Waals surface area contributed by atoms with Crippen molar-refractivity contribution in [2.75, 3.05) is 0 Å². The number of benzene rings is 1. The van der Waals surface area contributed by atoms with Crippen molar-refractivity contribution in [3.05, 3.63) is 35.4 Å². The fraction of sp³-hybridized carbons (Fsp3) is 0.727. The van der Waals surface area contributed by atoms with Gasteiger partial charge in [-0.25, -0.2) is 0 Å². The van der Waals surface area contributed by atoms with Crippen LogP contribution in [0.15, 0.2) is 24.3 Å². The second-order valence-electron chi connectivity index (χ2n) is 8.78. The molecular weight excluding hydrogens is 264 g/mol. The van der Waals surface area contributed by atoms with Gasteiger partial charge in [0.15, 0.2) is 0 Å². The maximum atomic E-state index is 2.48. The van der Waals surface area contributed by atoms with Gasteiger partial charge in [0, 0.05) is 0 Å². The van der Waals surface area contributed by atoms with Crippen molar-refractivity contribution in [2.45, 2.75) is 91.9 Å². The van der Waals surface area contributed by atoms with E-state index in [4.69, 9.17) is 0 Å².